The Morgan fingerprint density at radius 3 is 2.47 bits per heavy atom. The summed E-state index contributed by atoms with van der Waals surface area (Å²) in [6.45, 7) is -0.260. The minimum Gasteiger partial charge on any atom is -0.351 e. The molecule has 1 fully saturated rings. The fourth-order valence-electron chi connectivity index (χ4n) is 4.16. The van der Waals surface area contributed by atoms with Crippen molar-refractivity contribution in [2.75, 3.05) is 11.4 Å². The van der Waals surface area contributed by atoms with Crippen molar-refractivity contribution in [3.63, 3.8) is 0 Å². The standard InChI is InChI=1S/C25H27N5O3S/c31-22(17-28-24(32)21-9-5-15-34-21)30(20-8-4-12-27-16-20)23(18-10-13-26-14-11-18)25(33)29-19-6-2-1-3-7-19/h4-5,8-16,19,23H,1-3,6-7,17H2,(H,28,32)(H,29,33). The molecule has 176 valence electrons. The second kappa shape index (κ2) is 11.5. The number of carbonyl (C=O) groups excluding carboxylic acids is 3. The molecular formula is C25H27N5O3S. The maximum atomic E-state index is 13.6. The van der Waals surface area contributed by atoms with Gasteiger partial charge in [-0.2, -0.15) is 0 Å². The van der Waals surface area contributed by atoms with Crippen molar-refractivity contribution in [2.24, 2.45) is 0 Å². The SMILES string of the molecule is O=C(NCC(=O)N(c1cccnc1)C(C(=O)NC1CCCCC1)c1ccncc1)c1cccs1. The van der Waals surface area contributed by atoms with Gasteiger partial charge in [-0.05, 0) is 54.1 Å². The van der Waals surface area contributed by atoms with Crippen LogP contribution in [-0.4, -0.2) is 40.3 Å². The number of nitrogens with zero attached hydrogens (tertiary/aromatic N) is 3. The van der Waals surface area contributed by atoms with Gasteiger partial charge < -0.3 is 10.6 Å². The van der Waals surface area contributed by atoms with E-state index in [-0.39, 0.29) is 24.4 Å². The second-order valence-corrected chi connectivity index (χ2v) is 9.11. The van der Waals surface area contributed by atoms with Crippen molar-refractivity contribution in [3.8, 4) is 0 Å². The summed E-state index contributed by atoms with van der Waals surface area (Å²) >= 11 is 1.30. The highest BCUT2D eigenvalue weighted by atomic mass is 32.1. The third kappa shape index (κ3) is 5.85. The molecule has 0 saturated heterocycles. The molecule has 1 aliphatic carbocycles. The van der Waals surface area contributed by atoms with Gasteiger partial charge in [-0.25, -0.2) is 0 Å². The van der Waals surface area contributed by atoms with E-state index >= 15 is 0 Å². The van der Waals surface area contributed by atoms with E-state index in [9.17, 15) is 14.4 Å². The van der Waals surface area contributed by atoms with Gasteiger partial charge in [0, 0.05) is 24.6 Å². The zero-order valence-corrected chi connectivity index (χ0v) is 19.5. The van der Waals surface area contributed by atoms with Crippen molar-refractivity contribution >= 4 is 34.7 Å². The summed E-state index contributed by atoms with van der Waals surface area (Å²) in [5.74, 6) is -1.01. The van der Waals surface area contributed by atoms with Gasteiger partial charge in [0.2, 0.25) is 11.8 Å². The molecule has 1 aliphatic rings. The Kier molecular flexibility index (Phi) is 7.98. The number of hydrogen-bond donors (Lipinski definition) is 2. The van der Waals surface area contributed by atoms with Crippen molar-refractivity contribution in [3.05, 3.63) is 77.0 Å². The largest absolute Gasteiger partial charge is 0.351 e. The Balaban J connectivity index is 1.63. The fourth-order valence-corrected chi connectivity index (χ4v) is 4.80. The Morgan fingerprint density at radius 2 is 1.79 bits per heavy atom. The summed E-state index contributed by atoms with van der Waals surface area (Å²) in [6, 6.07) is 9.52. The van der Waals surface area contributed by atoms with Crippen LogP contribution in [0.15, 0.2) is 66.6 Å². The quantitative estimate of drug-likeness (QED) is 0.517. The topological polar surface area (TPSA) is 104 Å². The van der Waals surface area contributed by atoms with Crippen LogP contribution in [0.5, 0.6) is 0 Å². The van der Waals surface area contributed by atoms with E-state index in [0.29, 0.717) is 16.1 Å². The molecule has 0 spiro atoms. The highest BCUT2D eigenvalue weighted by Crippen LogP contribution is 2.28. The first kappa shape index (κ1) is 23.6. The smallest absolute Gasteiger partial charge is 0.261 e. The summed E-state index contributed by atoms with van der Waals surface area (Å²) in [5, 5.41) is 7.63. The van der Waals surface area contributed by atoms with Crippen LogP contribution in [0.4, 0.5) is 5.69 Å². The van der Waals surface area contributed by atoms with Crippen LogP contribution in [-0.2, 0) is 9.59 Å². The molecule has 9 heteroatoms. The summed E-state index contributed by atoms with van der Waals surface area (Å²) in [6.07, 6.45) is 11.5. The monoisotopic (exact) mass is 477 g/mol. The lowest BCUT2D eigenvalue weighted by atomic mass is 9.94. The lowest BCUT2D eigenvalue weighted by Gasteiger charge is -2.33. The molecule has 3 heterocycles. The van der Waals surface area contributed by atoms with Crippen LogP contribution < -0.4 is 15.5 Å². The summed E-state index contributed by atoms with van der Waals surface area (Å²) < 4.78 is 0. The molecular weight excluding hydrogens is 450 g/mol. The predicted octanol–water partition coefficient (Wildman–Crippen LogP) is 3.49. The Bertz CT molecular complexity index is 1090. The predicted molar refractivity (Wildman–Crippen MR) is 130 cm³/mol. The summed E-state index contributed by atoms with van der Waals surface area (Å²) in [5.41, 5.74) is 1.10. The van der Waals surface area contributed by atoms with Crippen LogP contribution in [0.2, 0.25) is 0 Å². The maximum Gasteiger partial charge on any atom is 0.261 e. The molecule has 0 aliphatic heterocycles. The zero-order valence-electron chi connectivity index (χ0n) is 18.7. The number of anilines is 1. The van der Waals surface area contributed by atoms with E-state index in [1.807, 2.05) is 0 Å². The number of amides is 3. The molecule has 1 atom stereocenters. The lowest BCUT2D eigenvalue weighted by Crippen LogP contribution is -2.49. The van der Waals surface area contributed by atoms with Crippen molar-refractivity contribution in [1.82, 2.24) is 20.6 Å². The molecule has 1 unspecified atom stereocenters. The average molecular weight is 478 g/mol. The highest BCUT2D eigenvalue weighted by molar-refractivity contribution is 7.12. The fraction of sp³-hybridized carbons (Fsp3) is 0.320. The van der Waals surface area contributed by atoms with Gasteiger partial charge >= 0.3 is 0 Å². The Hall–Kier alpha value is -3.59. The average Bonchev–Trinajstić information content (AvgIpc) is 3.42. The van der Waals surface area contributed by atoms with Crippen molar-refractivity contribution < 1.29 is 14.4 Å². The molecule has 8 nitrogen and oxygen atoms in total. The molecule has 3 aromatic rings. The zero-order chi connectivity index (χ0) is 23.8. The molecule has 0 radical (unpaired) electrons. The molecule has 34 heavy (non-hydrogen) atoms. The summed E-state index contributed by atoms with van der Waals surface area (Å²) in [4.78, 5) is 49.7. The number of nitrogens with one attached hydrogen (secondary N) is 2. The number of hydrogen-bond acceptors (Lipinski definition) is 6. The van der Waals surface area contributed by atoms with Crippen LogP contribution in [0.1, 0.15) is 53.4 Å². The van der Waals surface area contributed by atoms with Crippen molar-refractivity contribution in [2.45, 2.75) is 44.2 Å². The number of rotatable bonds is 8. The highest BCUT2D eigenvalue weighted by Gasteiger charge is 2.34. The van der Waals surface area contributed by atoms with Crippen LogP contribution in [0.25, 0.3) is 0 Å². The van der Waals surface area contributed by atoms with Gasteiger partial charge in [-0.1, -0.05) is 25.3 Å². The maximum absolute atomic E-state index is 13.6. The molecule has 3 amide bonds. The van der Waals surface area contributed by atoms with E-state index in [0.717, 1.165) is 25.7 Å². The molecule has 1 saturated carbocycles. The lowest BCUT2D eigenvalue weighted by molar-refractivity contribution is -0.127. The second-order valence-electron chi connectivity index (χ2n) is 8.16. The van der Waals surface area contributed by atoms with E-state index in [2.05, 4.69) is 20.6 Å². The van der Waals surface area contributed by atoms with E-state index < -0.39 is 11.9 Å². The first-order valence-electron chi connectivity index (χ1n) is 11.4. The van der Waals surface area contributed by atoms with Gasteiger partial charge in [-0.3, -0.25) is 29.3 Å². The van der Waals surface area contributed by atoms with Gasteiger partial charge in [0.15, 0.2) is 0 Å². The number of aromatic nitrogens is 2. The molecule has 4 rings (SSSR count). The van der Waals surface area contributed by atoms with E-state index in [1.54, 1.807) is 66.6 Å². The normalized spacial score (nSPS) is 14.7. The molecule has 2 N–H and O–H groups in total. The minimum atomic E-state index is -0.930. The Labute approximate surface area is 202 Å². The van der Waals surface area contributed by atoms with Gasteiger partial charge in [0.1, 0.15) is 6.04 Å². The molecule has 3 aromatic heterocycles. The third-order valence-corrected chi connectivity index (χ3v) is 6.69. The molecule has 0 aromatic carbocycles. The first-order chi connectivity index (χ1) is 16.6. The number of carbonyl (C=O) groups is 3. The van der Waals surface area contributed by atoms with Crippen molar-refractivity contribution in [1.29, 1.82) is 0 Å². The van der Waals surface area contributed by atoms with E-state index in [1.165, 1.54) is 22.7 Å². The first-order valence-corrected chi connectivity index (χ1v) is 12.3. The minimum absolute atomic E-state index is 0.0787. The van der Waals surface area contributed by atoms with Crippen LogP contribution >= 0.6 is 11.3 Å². The number of thiophene rings is 1. The van der Waals surface area contributed by atoms with Gasteiger partial charge in [0.25, 0.3) is 5.91 Å². The molecule has 0 bridgehead atoms. The van der Waals surface area contributed by atoms with Crippen LogP contribution in [0.3, 0.4) is 0 Å². The summed E-state index contributed by atoms with van der Waals surface area (Å²) in [7, 11) is 0. The van der Waals surface area contributed by atoms with Gasteiger partial charge in [-0.15, -0.1) is 11.3 Å². The van der Waals surface area contributed by atoms with Crippen LogP contribution in [0, 0.1) is 0 Å². The third-order valence-electron chi connectivity index (χ3n) is 5.82. The number of pyridine rings is 2. The van der Waals surface area contributed by atoms with E-state index in [4.69, 9.17) is 0 Å². The Morgan fingerprint density at radius 1 is 1.00 bits per heavy atom. The van der Waals surface area contributed by atoms with Gasteiger partial charge in [0.05, 0.1) is 23.3 Å².